The summed E-state index contributed by atoms with van der Waals surface area (Å²) in [5, 5.41) is 5.84. The molecule has 1 N–H and O–H groups in total. The van der Waals surface area contributed by atoms with E-state index in [-0.39, 0.29) is 6.61 Å². The van der Waals surface area contributed by atoms with E-state index < -0.39 is 0 Å². The van der Waals surface area contributed by atoms with Crippen LogP contribution in [0.3, 0.4) is 0 Å². The zero-order valence-corrected chi connectivity index (χ0v) is 21.9. The molecule has 3 aromatic rings. The normalized spacial score (nSPS) is 13.6. The first-order valence-corrected chi connectivity index (χ1v) is 12.7. The van der Waals surface area contributed by atoms with Crippen molar-refractivity contribution in [3.8, 4) is 11.5 Å². The summed E-state index contributed by atoms with van der Waals surface area (Å²) in [6.45, 7) is 2.89. The van der Waals surface area contributed by atoms with Crippen LogP contribution in [0, 0.1) is 0 Å². The topological polar surface area (TPSA) is 33.7 Å². The average Bonchev–Trinajstić information content (AvgIpc) is 2.83. The summed E-state index contributed by atoms with van der Waals surface area (Å²) in [6, 6.07) is 15.0. The van der Waals surface area contributed by atoms with Gasteiger partial charge in [-0.1, -0.05) is 52.5 Å². The molecule has 0 amide bonds. The Morgan fingerprint density at radius 3 is 2.26 bits per heavy atom. The van der Waals surface area contributed by atoms with Gasteiger partial charge in [0.2, 0.25) is 0 Å². The van der Waals surface area contributed by atoms with Crippen molar-refractivity contribution in [2.24, 2.45) is 0 Å². The Bertz CT molecular complexity index is 1150. The molecule has 1 heterocycles. The van der Waals surface area contributed by atoms with Crippen LogP contribution < -0.4 is 19.7 Å². The molecule has 1 aliphatic rings. The van der Waals surface area contributed by atoms with E-state index in [0.717, 1.165) is 40.6 Å². The molecule has 4 nitrogen and oxygen atoms in total. The number of anilines is 2. The second-order valence-electron chi connectivity index (χ2n) is 8.19. The Balaban J connectivity index is 1.42. The number of nitrogens with one attached hydrogen (secondary N) is 1. The van der Waals surface area contributed by atoms with Gasteiger partial charge in [0.15, 0.2) is 11.5 Å². The van der Waals surface area contributed by atoms with Crippen molar-refractivity contribution in [2.75, 3.05) is 30.4 Å². The molecule has 1 saturated heterocycles. The quantitative estimate of drug-likeness (QED) is 0.311. The standard InChI is InChI=1S/C26H26Cl4N2O2/c1-33-25-11-18(22(29)14-26(25)34-16-17-5-6-19(27)12-21(17)28)15-31-20-7-8-24(23(30)13-20)32-9-3-2-4-10-32/h5-8,11-14,31H,2-4,9-10,15-16H2,1H3. The number of halogens is 4. The lowest BCUT2D eigenvalue weighted by molar-refractivity contribution is 0.284. The third-order valence-electron chi connectivity index (χ3n) is 5.86. The number of piperidine rings is 1. The number of benzene rings is 3. The number of rotatable bonds is 8. The number of ether oxygens (including phenoxy) is 2. The van der Waals surface area contributed by atoms with Crippen LogP contribution in [0.5, 0.6) is 11.5 Å². The summed E-state index contributed by atoms with van der Waals surface area (Å²) in [5.74, 6) is 1.13. The van der Waals surface area contributed by atoms with Crippen molar-refractivity contribution < 1.29 is 9.47 Å². The van der Waals surface area contributed by atoms with E-state index in [0.29, 0.717) is 33.1 Å². The smallest absolute Gasteiger partial charge is 0.163 e. The lowest BCUT2D eigenvalue weighted by atomic mass is 10.1. The van der Waals surface area contributed by atoms with E-state index >= 15 is 0 Å². The first-order valence-electron chi connectivity index (χ1n) is 11.2. The number of hydrogen-bond donors (Lipinski definition) is 1. The predicted molar refractivity (Wildman–Crippen MR) is 144 cm³/mol. The van der Waals surface area contributed by atoms with Crippen LogP contribution in [0.4, 0.5) is 11.4 Å². The van der Waals surface area contributed by atoms with Gasteiger partial charge < -0.3 is 19.7 Å². The highest BCUT2D eigenvalue weighted by Gasteiger charge is 2.15. The van der Waals surface area contributed by atoms with Crippen molar-refractivity contribution in [3.05, 3.63) is 79.7 Å². The molecule has 1 aliphatic heterocycles. The highest BCUT2D eigenvalue weighted by molar-refractivity contribution is 6.35. The first kappa shape index (κ1) is 25.1. The van der Waals surface area contributed by atoms with Gasteiger partial charge in [-0.05, 0) is 61.2 Å². The number of hydrogen-bond acceptors (Lipinski definition) is 4. The van der Waals surface area contributed by atoms with Crippen LogP contribution in [0.25, 0.3) is 0 Å². The van der Waals surface area contributed by atoms with Gasteiger partial charge in [0, 0.05) is 52.0 Å². The maximum absolute atomic E-state index is 6.59. The summed E-state index contributed by atoms with van der Waals surface area (Å²) >= 11 is 25.4. The van der Waals surface area contributed by atoms with Crippen LogP contribution in [-0.4, -0.2) is 20.2 Å². The summed E-state index contributed by atoms with van der Waals surface area (Å²) in [4.78, 5) is 2.35. The molecule has 1 fully saturated rings. The van der Waals surface area contributed by atoms with Crippen molar-refractivity contribution in [3.63, 3.8) is 0 Å². The van der Waals surface area contributed by atoms with Gasteiger partial charge in [-0.25, -0.2) is 0 Å². The molecule has 0 aliphatic carbocycles. The fourth-order valence-corrected chi connectivity index (χ4v) is 4.97. The van der Waals surface area contributed by atoms with Gasteiger partial charge >= 0.3 is 0 Å². The molecule has 0 saturated carbocycles. The Morgan fingerprint density at radius 1 is 0.794 bits per heavy atom. The van der Waals surface area contributed by atoms with Crippen LogP contribution in [-0.2, 0) is 13.2 Å². The molecular formula is C26H26Cl4N2O2. The summed E-state index contributed by atoms with van der Waals surface area (Å²) in [6.07, 6.45) is 3.71. The highest BCUT2D eigenvalue weighted by Crippen LogP contribution is 2.36. The molecule has 0 atom stereocenters. The van der Waals surface area contributed by atoms with Crippen LogP contribution in [0.15, 0.2) is 48.5 Å². The third kappa shape index (κ3) is 6.17. The van der Waals surface area contributed by atoms with Crippen molar-refractivity contribution in [2.45, 2.75) is 32.4 Å². The Hall–Kier alpha value is -1.98. The summed E-state index contributed by atoms with van der Waals surface area (Å²) in [5.41, 5.74) is 3.72. The minimum Gasteiger partial charge on any atom is -0.493 e. The second kappa shape index (κ2) is 11.6. The van der Waals surface area contributed by atoms with Gasteiger partial charge in [-0.3, -0.25) is 0 Å². The zero-order chi connectivity index (χ0) is 24.1. The lowest BCUT2D eigenvalue weighted by Crippen LogP contribution is -2.29. The minimum atomic E-state index is 0.266. The van der Waals surface area contributed by atoms with E-state index in [2.05, 4.69) is 16.3 Å². The average molecular weight is 540 g/mol. The molecule has 34 heavy (non-hydrogen) atoms. The molecular weight excluding hydrogens is 514 g/mol. The van der Waals surface area contributed by atoms with E-state index in [1.165, 1.54) is 19.3 Å². The van der Waals surface area contributed by atoms with Crippen molar-refractivity contribution >= 4 is 57.8 Å². The van der Waals surface area contributed by atoms with E-state index in [4.69, 9.17) is 55.9 Å². The molecule has 0 unspecified atom stereocenters. The zero-order valence-electron chi connectivity index (χ0n) is 18.8. The van der Waals surface area contributed by atoms with Gasteiger partial charge in [0.1, 0.15) is 6.61 Å². The van der Waals surface area contributed by atoms with Crippen LogP contribution >= 0.6 is 46.4 Å². The molecule has 0 bridgehead atoms. The van der Waals surface area contributed by atoms with E-state index in [1.54, 1.807) is 25.3 Å². The third-order valence-corrected chi connectivity index (χ3v) is 7.10. The fraction of sp³-hybridized carbons (Fsp3) is 0.308. The summed E-state index contributed by atoms with van der Waals surface area (Å²) < 4.78 is 11.5. The maximum atomic E-state index is 6.59. The van der Waals surface area contributed by atoms with Gasteiger partial charge in [0.05, 0.1) is 17.8 Å². The van der Waals surface area contributed by atoms with Gasteiger partial charge in [0.25, 0.3) is 0 Å². The predicted octanol–water partition coefficient (Wildman–Crippen LogP) is 8.49. The number of methoxy groups -OCH3 is 1. The highest BCUT2D eigenvalue weighted by atomic mass is 35.5. The Morgan fingerprint density at radius 2 is 1.56 bits per heavy atom. The van der Waals surface area contributed by atoms with Gasteiger partial charge in [-0.2, -0.15) is 0 Å². The molecule has 8 heteroatoms. The number of nitrogens with zero attached hydrogens (tertiary/aromatic N) is 1. The first-order chi connectivity index (χ1) is 16.4. The molecule has 0 radical (unpaired) electrons. The Kier molecular flexibility index (Phi) is 8.60. The molecule has 3 aromatic carbocycles. The Labute approximate surface area is 220 Å². The monoisotopic (exact) mass is 538 g/mol. The molecule has 180 valence electrons. The van der Waals surface area contributed by atoms with E-state index in [9.17, 15) is 0 Å². The SMILES string of the molecule is COc1cc(CNc2ccc(N3CCCCC3)c(Cl)c2)c(Cl)cc1OCc1ccc(Cl)cc1Cl. The molecule has 4 rings (SSSR count). The van der Waals surface area contributed by atoms with Crippen molar-refractivity contribution in [1.29, 1.82) is 0 Å². The summed E-state index contributed by atoms with van der Waals surface area (Å²) in [7, 11) is 1.60. The lowest BCUT2D eigenvalue weighted by Gasteiger charge is -2.29. The van der Waals surface area contributed by atoms with Crippen molar-refractivity contribution in [1.82, 2.24) is 0 Å². The maximum Gasteiger partial charge on any atom is 0.163 e. The van der Waals surface area contributed by atoms with E-state index in [1.807, 2.05) is 24.3 Å². The minimum absolute atomic E-state index is 0.266. The molecule has 0 spiro atoms. The largest absolute Gasteiger partial charge is 0.493 e. The van der Waals surface area contributed by atoms with Gasteiger partial charge in [-0.15, -0.1) is 0 Å². The van der Waals surface area contributed by atoms with Crippen LogP contribution in [0.1, 0.15) is 30.4 Å². The second-order valence-corrected chi connectivity index (χ2v) is 9.84. The molecule has 0 aromatic heterocycles. The fourth-order valence-electron chi connectivity index (χ4n) is 3.98. The van der Waals surface area contributed by atoms with Crippen LogP contribution in [0.2, 0.25) is 20.1 Å².